The quantitative estimate of drug-likeness (QED) is 0.468. The molecule has 0 spiro atoms. The van der Waals surface area contributed by atoms with Crippen LogP contribution >= 0.6 is 0 Å². The van der Waals surface area contributed by atoms with E-state index in [9.17, 15) is 14.9 Å². The van der Waals surface area contributed by atoms with E-state index in [1.54, 1.807) is 6.92 Å². The molecule has 0 fully saturated rings. The Balaban J connectivity index is 3.98. The van der Waals surface area contributed by atoms with Gasteiger partial charge in [0.05, 0.1) is 6.54 Å². The summed E-state index contributed by atoms with van der Waals surface area (Å²) in [5, 5.41) is 17.3. The first-order chi connectivity index (χ1) is 4.59. The lowest BCUT2D eigenvalue weighted by Crippen LogP contribution is -2.35. The summed E-state index contributed by atoms with van der Waals surface area (Å²) in [6.07, 6.45) is -1.08. The van der Waals surface area contributed by atoms with Crippen LogP contribution in [0.3, 0.4) is 0 Å². The lowest BCUT2D eigenvalue weighted by atomic mass is 10.5. The Hall–Kier alpha value is -1.33. The van der Waals surface area contributed by atoms with Crippen molar-refractivity contribution < 1.29 is 14.9 Å². The van der Waals surface area contributed by atoms with Crippen LogP contribution in [-0.4, -0.2) is 27.8 Å². The average molecular weight is 148 g/mol. The molecule has 0 heterocycles. The van der Waals surface area contributed by atoms with Crippen molar-refractivity contribution in [3.8, 4) is 0 Å². The predicted molar refractivity (Wildman–Crippen MR) is 32.0 cm³/mol. The van der Waals surface area contributed by atoms with Crippen LogP contribution in [0, 0.1) is 10.1 Å². The Morgan fingerprint density at radius 3 is 2.40 bits per heavy atom. The minimum Gasteiger partial charge on any atom is -0.461 e. The maximum atomic E-state index is 10.0. The Bertz CT molecular complexity index is 132. The maximum Gasteiger partial charge on any atom is 0.465 e. The monoisotopic (exact) mass is 148 g/mol. The SMILES string of the molecule is CCCN(C(=O)O)[N+](=O)[O-]. The molecular formula is C4H8N2O4. The fourth-order valence-corrected chi connectivity index (χ4v) is 0.459. The Labute approximate surface area is 57.2 Å². The summed E-state index contributed by atoms with van der Waals surface area (Å²) >= 11 is 0. The number of nitro groups is 1. The van der Waals surface area contributed by atoms with E-state index in [1.165, 1.54) is 0 Å². The summed E-state index contributed by atoms with van der Waals surface area (Å²) in [6.45, 7) is 1.60. The summed E-state index contributed by atoms with van der Waals surface area (Å²) in [6, 6.07) is 0. The predicted octanol–water partition coefficient (Wildman–Crippen LogP) is 0.568. The highest BCUT2D eigenvalue weighted by Gasteiger charge is 2.20. The van der Waals surface area contributed by atoms with Gasteiger partial charge in [0.2, 0.25) is 0 Å². The van der Waals surface area contributed by atoms with E-state index in [2.05, 4.69) is 0 Å². The molecule has 0 saturated carbocycles. The Morgan fingerprint density at radius 1 is 1.80 bits per heavy atom. The summed E-state index contributed by atoms with van der Waals surface area (Å²) in [7, 11) is 0. The maximum absolute atomic E-state index is 10.0. The van der Waals surface area contributed by atoms with Gasteiger partial charge in [-0.15, -0.1) is 0 Å². The molecule has 0 aromatic heterocycles. The minimum atomic E-state index is -1.52. The number of rotatable bonds is 3. The summed E-state index contributed by atoms with van der Waals surface area (Å²) in [4.78, 5) is 19.9. The topological polar surface area (TPSA) is 83.7 Å². The lowest BCUT2D eigenvalue weighted by molar-refractivity contribution is -0.634. The van der Waals surface area contributed by atoms with Gasteiger partial charge in [0.1, 0.15) is 0 Å². The molecule has 6 heteroatoms. The molecule has 0 unspecified atom stereocenters. The Kier molecular flexibility index (Phi) is 3.16. The number of carboxylic acid groups (broad SMARTS) is 1. The standard InChI is InChI=1S/C4H8N2O4/c1-2-3-5(4(7)8)6(9)10/h2-3H2,1H3,(H,7,8). The van der Waals surface area contributed by atoms with Gasteiger partial charge < -0.3 is 5.11 Å². The highest BCUT2D eigenvalue weighted by molar-refractivity contribution is 5.63. The van der Waals surface area contributed by atoms with Crippen molar-refractivity contribution in [1.82, 2.24) is 5.01 Å². The molecule has 0 aromatic carbocycles. The van der Waals surface area contributed by atoms with Crippen LogP contribution in [0.25, 0.3) is 0 Å². The number of hydrazine groups is 1. The van der Waals surface area contributed by atoms with Crippen LogP contribution in [0.4, 0.5) is 4.79 Å². The molecule has 0 rings (SSSR count). The highest BCUT2D eigenvalue weighted by atomic mass is 16.7. The van der Waals surface area contributed by atoms with Gasteiger partial charge in [0, 0.05) is 0 Å². The minimum absolute atomic E-state index is 0.0671. The van der Waals surface area contributed by atoms with Crippen molar-refractivity contribution in [3.05, 3.63) is 10.1 Å². The second-order valence-corrected chi connectivity index (χ2v) is 1.64. The van der Waals surface area contributed by atoms with Gasteiger partial charge in [-0.2, -0.15) is 0 Å². The molecule has 10 heavy (non-hydrogen) atoms. The average Bonchev–Trinajstić information content (AvgIpc) is 1.81. The van der Waals surface area contributed by atoms with Crippen LogP contribution in [-0.2, 0) is 0 Å². The first-order valence-corrected chi connectivity index (χ1v) is 2.74. The van der Waals surface area contributed by atoms with Crippen molar-refractivity contribution in [1.29, 1.82) is 0 Å². The summed E-state index contributed by atoms with van der Waals surface area (Å²) in [5.74, 6) is 0. The molecule has 0 aliphatic carbocycles. The molecule has 1 N–H and O–H groups in total. The molecular weight excluding hydrogens is 140 g/mol. The van der Waals surface area contributed by atoms with Gasteiger partial charge in [-0.25, -0.2) is 14.9 Å². The molecule has 0 saturated heterocycles. The molecule has 0 aliphatic rings. The largest absolute Gasteiger partial charge is 0.465 e. The smallest absolute Gasteiger partial charge is 0.461 e. The van der Waals surface area contributed by atoms with Crippen LogP contribution in [0.5, 0.6) is 0 Å². The molecule has 1 amide bonds. The first-order valence-electron chi connectivity index (χ1n) is 2.74. The van der Waals surface area contributed by atoms with Gasteiger partial charge in [-0.1, -0.05) is 6.92 Å². The van der Waals surface area contributed by atoms with E-state index in [0.717, 1.165) is 0 Å². The van der Waals surface area contributed by atoms with E-state index in [-0.39, 0.29) is 11.6 Å². The lowest BCUT2D eigenvalue weighted by Gasteiger charge is -2.04. The number of carbonyl (C=O) groups is 1. The van der Waals surface area contributed by atoms with Crippen LogP contribution in [0.2, 0.25) is 0 Å². The zero-order valence-electron chi connectivity index (χ0n) is 5.48. The van der Waals surface area contributed by atoms with Gasteiger partial charge in [-0.3, -0.25) is 0 Å². The van der Waals surface area contributed by atoms with Crippen molar-refractivity contribution in [2.75, 3.05) is 6.54 Å². The first kappa shape index (κ1) is 8.67. The molecule has 6 nitrogen and oxygen atoms in total. The van der Waals surface area contributed by atoms with Gasteiger partial charge >= 0.3 is 6.09 Å². The highest BCUT2D eigenvalue weighted by Crippen LogP contribution is 1.91. The van der Waals surface area contributed by atoms with Crippen molar-refractivity contribution in [2.24, 2.45) is 0 Å². The third kappa shape index (κ3) is 2.29. The second kappa shape index (κ2) is 3.65. The van der Waals surface area contributed by atoms with Crippen LogP contribution in [0.1, 0.15) is 13.3 Å². The number of hydrogen-bond acceptors (Lipinski definition) is 3. The van der Waals surface area contributed by atoms with Crippen LogP contribution < -0.4 is 0 Å². The molecule has 0 atom stereocenters. The van der Waals surface area contributed by atoms with E-state index >= 15 is 0 Å². The zero-order chi connectivity index (χ0) is 8.15. The summed E-state index contributed by atoms with van der Waals surface area (Å²) in [5.41, 5.74) is 0. The fraction of sp³-hybridized carbons (Fsp3) is 0.750. The molecule has 58 valence electrons. The molecule has 0 aliphatic heterocycles. The van der Waals surface area contributed by atoms with E-state index in [1.807, 2.05) is 0 Å². The molecule has 0 aromatic rings. The Morgan fingerprint density at radius 2 is 2.30 bits per heavy atom. The van der Waals surface area contributed by atoms with E-state index < -0.39 is 11.1 Å². The van der Waals surface area contributed by atoms with Crippen molar-refractivity contribution in [3.63, 3.8) is 0 Å². The van der Waals surface area contributed by atoms with Gasteiger partial charge in [-0.05, 0) is 11.4 Å². The van der Waals surface area contributed by atoms with E-state index in [0.29, 0.717) is 6.42 Å². The number of nitrogens with zero attached hydrogens (tertiary/aromatic N) is 2. The fourth-order valence-electron chi connectivity index (χ4n) is 0.459. The molecule has 0 radical (unpaired) electrons. The second-order valence-electron chi connectivity index (χ2n) is 1.64. The van der Waals surface area contributed by atoms with Gasteiger partial charge in [0.25, 0.3) is 0 Å². The third-order valence-electron chi connectivity index (χ3n) is 0.853. The summed E-state index contributed by atoms with van der Waals surface area (Å²) < 4.78 is 0. The van der Waals surface area contributed by atoms with Crippen molar-refractivity contribution >= 4 is 6.09 Å². The molecule has 0 bridgehead atoms. The van der Waals surface area contributed by atoms with Crippen LogP contribution in [0.15, 0.2) is 0 Å². The normalized spacial score (nSPS) is 8.90. The van der Waals surface area contributed by atoms with Crippen molar-refractivity contribution in [2.45, 2.75) is 13.3 Å². The third-order valence-corrected chi connectivity index (χ3v) is 0.853. The zero-order valence-corrected chi connectivity index (χ0v) is 5.48. The van der Waals surface area contributed by atoms with Gasteiger partial charge in [0.15, 0.2) is 5.03 Å². The number of amides is 1. The van der Waals surface area contributed by atoms with E-state index in [4.69, 9.17) is 5.11 Å². The number of hydrogen-bond donors (Lipinski definition) is 1.